The van der Waals surface area contributed by atoms with Gasteiger partial charge in [0, 0.05) is 6.21 Å². The molecule has 0 atom stereocenters. The highest BCUT2D eigenvalue weighted by atomic mass is 16.3. The van der Waals surface area contributed by atoms with Crippen molar-refractivity contribution in [1.29, 1.82) is 0 Å². The average Bonchev–Trinajstić information content (AvgIpc) is 2.32. The summed E-state index contributed by atoms with van der Waals surface area (Å²) in [4.78, 5) is 4.29. The predicted molar refractivity (Wildman–Crippen MR) is 69.1 cm³/mol. The lowest BCUT2D eigenvalue weighted by molar-refractivity contribution is -0.268. The van der Waals surface area contributed by atoms with Crippen molar-refractivity contribution in [2.75, 3.05) is 0 Å². The van der Waals surface area contributed by atoms with Gasteiger partial charge in [-0.15, -0.1) is 5.75 Å². The lowest BCUT2D eigenvalue weighted by Gasteiger charge is -2.09. The quantitative estimate of drug-likeness (QED) is 0.722. The Morgan fingerprint density at radius 2 is 1.59 bits per heavy atom. The minimum atomic E-state index is 0.00598. The average molecular weight is 224 g/mol. The molecule has 0 fully saturated rings. The molecule has 0 saturated heterocycles. The van der Waals surface area contributed by atoms with E-state index in [1.165, 1.54) is 5.56 Å². The van der Waals surface area contributed by atoms with E-state index in [2.05, 4.69) is 4.99 Å². The van der Waals surface area contributed by atoms with E-state index in [1.54, 1.807) is 12.3 Å². The van der Waals surface area contributed by atoms with Crippen LogP contribution >= 0.6 is 0 Å². The summed E-state index contributed by atoms with van der Waals surface area (Å²) in [6.07, 6.45) is 1.62. The highest BCUT2D eigenvalue weighted by Gasteiger charge is 1.92. The van der Waals surface area contributed by atoms with Crippen molar-refractivity contribution in [2.24, 2.45) is 4.99 Å². The maximum atomic E-state index is 11.6. The van der Waals surface area contributed by atoms with E-state index in [0.29, 0.717) is 5.56 Å². The molecule has 17 heavy (non-hydrogen) atoms. The van der Waals surface area contributed by atoms with Crippen molar-refractivity contribution in [1.82, 2.24) is 0 Å². The summed E-state index contributed by atoms with van der Waals surface area (Å²) in [6.45, 7) is 3.99. The van der Waals surface area contributed by atoms with Gasteiger partial charge in [-0.1, -0.05) is 41.5 Å². The Labute approximate surface area is 101 Å². The van der Waals surface area contributed by atoms with Gasteiger partial charge < -0.3 is 5.11 Å². The zero-order chi connectivity index (χ0) is 12.3. The van der Waals surface area contributed by atoms with Gasteiger partial charge >= 0.3 is 0 Å². The Hall–Kier alpha value is -2.09. The molecule has 2 rings (SSSR count). The highest BCUT2D eigenvalue weighted by molar-refractivity contribution is 5.85. The third-order valence-corrected chi connectivity index (χ3v) is 2.55. The molecule has 0 spiro atoms. The molecule has 0 amide bonds. The van der Waals surface area contributed by atoms with Gasteiger partial charge in [0.15, 0.2) is 0 Å². The minimum Gasteiger partial charge on any atom is -0.872 e. The largest absolute Gasteiger partial charge is 0.872 e. The van der Waals surface area contributed by atoms with Crippen molar-refractivity contribution in [3.8, 4) is 5.75 Å². The Morgan fingerprint density at radius 1 is 0.941 bits per heavy atom. The maximum absolute atomic E-state index is 11.6. The molecule has 0 N–H and O–H groups in total. The Bertz CT molecular complexity index is 541. The smallest absolute Gasteiger partial charge is 0.0630 e. The summed E-state index contributed by atoms with van der Waals surface area (Å²) in [6, 6.07) is 13.1. The molecular formula is C15H14NO-. The molecule has 86 valence electrons. The molecule has 2 aromatic carbocycles. The van der Waals surface area contributed by atoms with Crippen LogP contribution in [0.15, 0.2) is 47.5 Å². The molecule has 2 heteroatoms. The lowest BCUT2D eigenvalue weighted by atomic mass is 10.1. The standard InChI is InChI=1S/C15H15NO/c1-11-3-6-14(7-4-11)16-10-13-9-12(2)5-8-15(13)17/h3-10,17H,1-2H3/p-1. The molecule has 0 unspecified atom stereocenters. The number of hydrogen-bond donors (Lipinski definition) is 0. The van der Waals surface area contributed by atoms with Crippen molar-refractivity contribution < 1.29 is 5.11 Å². The normalized spacial score (nSPS) is 10.9. The van der Waals surface area contributed by atoms with Crippen LogP contribution in [0, 0.1) is 13.8 Å². The first kappa shape index (κ1) is 11.4. The molecule has 0 aromatic heterocycles. The molecule has 0 aliphatic heterocycles. The highest BCUT2D eigenvalue weighted by Crippen LogP contribution is 2.16. The first-order valence-electron chi connectivity index (χ1n) is 5.53. The first-order chi connectivity index (χ1) is 8.15. The van der Waals surface area contributed by atoms with Crippen molar-refractivity contribution in [2.45, 2.75) is 13.8 Å². The second-order valence-corrected chi connectivity index (χ2v) is 4.14. The second-order valence-electron chi connectivity index (χ2n) is 4.14. The minimum absolute atomic E-state index is 0.00598. The number of benzene rings is 2. The van der Waals surface area contributed by atoms with Crippen molar-refractivity contribution in [3.05, 3.63) is 59.2 Å². The molecule has 2 aromatic rings. The molecule has 0 bridgehead atoms. The van der Waals surface area contributed by atoms with Crippen LogP contribution in [0.5, 0.6) is 5.75 Å². The lowest BCUT2D eigenvalue weighted by Crippen LogP contribution is -1.96. The molecular weight excluding hydrogens is 210 g/mol. The van der Waals surface area contributed by atoms with E-state index in [4.69, 9.17) is 0 Å². The van der Waals surface area contributed by atoms with E-state index in [-0.39, 0.29) is 5.75 Å². The van der Waals surface area contributed by atoms with Crippen LogP contribution in [-0.2, 0) is 0 Å². The Kier molecular flexibility index (Phi) is 3.24. The van der Waals surface area contributed by atoms with Gasteiger partial charge in [0.25, 0.3) is 0 Å². The zero-order valence-electron chi connectivity index (χ0n) is 9.97. The summed E-state index contributed by atoms with van der Waals surface area (Å²) in [7, 11) is 0. The summed E-state index contributed by atoms with van der Waals surface area (Å²) in [5.41, 5.74) is 3.75. The molecule has 0 aliphatic rings. The number of nitrogens with zero attached hydrogens (tertiary/aromatic N) is 1. The van der Waals surface area contributed by atoms with E-state index in [9.17, 15) is 5.11 Å². The summed E-state index contributed by atoms with van der Waals surface area (Å²) < 4.78 is 0. The number of rotatable bonds is 2. The van der Waals surface area contributed by atoms with Gasteiger partial charge in [-0.3, -0.25) is 4.99 Å². The van der Waals surface area contributed by atoms with Crippen LogP contribution < -0.4 is 5.11 Å². The topological polar surface area (TPSA) is 35.4 Å². The van der Waals surface area contributed by atoms with E-state index < -0.39 is 0 Å². The number of aryl methyl sites for hydroxylation is 2. The van der Waals surface area contributed by atoms with Crippen LogP contribution in [0.1, 0.15) is 16.7 Å². The fourth-order valence-electron chi connectivity index (χ4n) is 1.54. The Morgan fingerprint density at radius 3 is 2.29 bits per heavy atom. The second kappa shape index (κ2) is 4.83. The van der Waals surface area contributed by atoms with Gasteiger partial charge in [0.05, 0.1) is 5.69 Å². The molecule has 2 nitrogen and oxygen atoms in total. The van der Waals surface area contributed by atoms with Gasteiger partial charge in [0.1, 0.15) is 0 Å². The Balaban J connectivity index is 2.25. The SMILES string of the molecule is Cc1ccc(N=Cc2cc(C)ccc2[O-])cc1. The number of aliphatic imine (C=N–C) groups is 1. The van der Waals surface area contributed by atoms with Gasteiger partial charge in [-0.2, -0.15) is 0 Å². The molecule has 0 saturated carbocycles. The maximum Gasteiger partial charge on any atom is 0.0630 e. The fraction of sp³-hybridized carbons (Fsp3) is 0.133. The van der Waals surface area contributed by atoms with Gasteiger partial charge in [0.2, 0.25) is 0 Å². The monoisotopic (exact) mass is 224 g/mol. The van der Waals surface area contributed by atoms with Crippen LogP contribution in [0.3, 0.4) is 0 Å². The summed E-state index contributed by atoms with van der Waals surface area (Å²) in [5.74, 6) is 0.00598. The summed E-state index contributed by atoms with van der Waals surface area (Å²) in [5, 5.41) is 11.6. The van der Waals surface area contributed by atoms with Crippen LogP contribution in [0.25, 0.3) is 0 Å². The van der Waals surface area contributed by atoms with Crippen molar-refractivity contribution >= 4 is 11.9 Å². The van der Waals surface area contributed by atoms with E-state index in [1.807, 2.05) is 50.2 Å². The van der Waals surface area contributed by atoms with Crippen LogP contribution in [0.4, 0.5) is 5.69 Å². The van der Waals surface area contributed by atoms with E-state index in [0.717, 1.165) is 11.3 Å². The third kappa shape index (κ3) is 2.94. The number of hydrogen-bond acceptors (Lipinski definition) is 2. The van der Waals surface area contributed by atoms with E-state index >= 15 is 0 Å². The van der Waals surface area contributed by atoms with Gasteiger partial charge in [-0.25, -0.2) is 0 Å². The van der Waals surface area contributed by atoms with Crippen LogP contribution in [0.2, 0.25) is 0 Å². The zero-order valence-corrected chi connectivity index (χ0v) is 9.97. The van der Waals surface area contributed by atoms with Gasteiger partial charge in [-0.05, 0) is 31.5 Å². The summed E-state index contributed by atoms with van der Waals surface area (Å²) >= 11 is 0. The molecule has 0 aliphatic carbocycles. The van der Waals surface area contributed by atoms with Crippen LogP contribution in [-0.4, -0.2) is 6.21 Å². The van der Waals surface area contributed by atoms with Crippen molar-refractivity contribution in [3.63, 3.8) is 0 Å². The fourth-order valence-corrected chi connectivity index (χ4v) is 1.54. The molecule has 0 radical (unpaired) electrons. The predicted octanol–water partition coefficient (Wildman–Crippen LogP) is 3.13. The first-order valence-corrected chi connectivity index (χ1v) is 5.53. The molecule has 0 heterocycles. The third-order valence-electron chi connectivity index (χ3n) is 2.55.